The Morgan fingerprint density at radius 1 is 1.07 bits per heavy atom. The van der Waals surface area contributed by atoms with Crippen LogP contribution in [0.3, 0.4) is 0 Å². The molecule has 12 nitrogen and oxygen atoms in total. The summed E-state index contributed by atoms with van der Waals surface area (Å²) in [7, 11) is 0. The van der Waals surface area contributed by atoms with E-state index in [1.807, 2.05) is 0 Å². The van der Waals surface area contributed by atoms with Gasteiger partial charge in [-0.1, -0.05) is 0 Å². The highest BCUT2D eigenvalue weighted by atomic mass is 16.4. The molecule has 12 heteroatoms. The van der Waals surface area contributed by atoms with Crippen LogP contribution in [0, 0.1) is 0 Å². The fourth-order valence-electron chi connectivity index (χ4n) is 3.94. The summed E-state index contributed by atoms with van der Waals surface area (Å²) in [4.78, 5) is 63.2. The average Bonchev–Trinajstić information content (AvgIpc) is 3.32. The maximum atomic E-state index is 13.1. The number of nitrogens with two attached hydrogens (primary N) is 2. The summed E-state index contributed by atoms with van der Waals surface area (Å²) in [5.74, 6) is -3.75. The number of likely N-dealkylation sites (tertiary alicyclic amines) is 2. The summed E-state index contributed by atoms with van der Waals surface area (Å²) in [6.45, 7) is 1.83. The molecule has 2 rings (SSSR count). The topological polar surface area (TPSA) is 196 Å². The van der Waals surface area contributed by atoms with E-state index >= 15 is 0 Å². The van der Waals surface area contributed by atoms with Gasteiger partial charge in [0.25, 0.3) is 0 Å². The maximum absolute atomic E-state index is 13.1. The van der Waals surface area contributed by atoms with Crippen molar-refractivity contribution in [2.75, 3.05) is 13.1 Å². The molecular formula is C18H29N5O7. The third-order valence-electron chi connectivity index (χ3n) is 5.44. The average molecular weight is 427 g/mol. The van der Waals surface area contributed by atoms with Crippen LogP contribution in [0.4, 0.5) is 0 Å². The lowest BCUT2D eigenvalue weighted by molar-refractivity contribution is -0.149. The molecule has 7 N–H and O–H groups in total. The van der Waals surface area contributed by atoms with E-state index in [9.17, 15) is 29.1 Å². The minimum Gasteiger partial charge on any atom is -0.480 e. The number of hydrogen-bond acceptors (Lipinski definition) is 7. The summed E-state index contributed by atoms with van der Waals surface area (Å²) in [6.07, 6.45) is 0.195. The molecule has 4 amide bonds. The molecule has 0 saturated carbocycles. The summed E-state index contributed by atoms with van der Waals surface area (Å²) in [5, 5.41) is 21.0. The first-order chi connectivity index (χ1) is 14.0. The molecule has 0 spiro atoms. The van der Waals surface area contributed by atoms with Crippen LogP contribution in [0.15, 0.2) is 0 Å². The van der Waals surface area contributed by atoms with Crippen molar-refractivity contribution in [1.82, 2.24) is 15.1 Å². The number of nitrogens with zero attached hydrogens (tertiary/aromatic N) is 2. The number of carboxylic acids is 1. The highest BCUT2D eigenvalue weighted by Gasteiger charge is 2.43. The summed E-state index contributed by atoms with van der Waals surface area (Å²) < 4.78 is 0. The number of aliphatic hydroxyl groups is 1. The number of amides is 4. The number of nitrogens with one attached hydrogen (secondary N) is 1. The van der Waals surface area contributed by atoms with Gasteiger partial charge in [-0.25, -0.2) is 4.79 Å². The van der Waals surface area contributed by atoms with Crippen molar-refractivity contribution in [3.8, 4) is 0 Å². The Morgan fingerprint density at radius 2 is 1.63 bits per heavy atom. The highest BCUT2D eigenvalue weighted by Crippen LogP contribution is 2.25. The van der Waals surface area contributed by atoms with Gasteiger partial charge < -0.3 is 36.8 Å². The zero-order valence-corrected chi connectivity index (χ0v) is 16.8. The van der Waals surface area contributed by atoms with E-state index in [1.54, 1.807) is 0 Å². The molecule has 0 aliphatic carbocycles. The van der Waals surface area contributed by atoms with E-state index in [0.29, 0.717) is 32.2 Å². The van der Waals surface area contributed by atoms with Crippen LogP contribution in [0.5, 0.6) is 0 Å². The van der Waals surface area contributed by atoms with Crippen LogP contribution in [0.25, 0.3) is 0 Å². The highest BCUT2D eigenvalue weighted by molar-refractivity contribution is 5.95. The van der Waals surface area contributed by atoms with E-state index in [-0.39, 0.29) is 13.0 Å². The molecule has 0 aromatic carbocycles. The fraction of sp³-hybridized carbons (Fsp3) is 0.722. The number of aliphatic carboxylic acids is 1. The van der Waals surface area contributed by atoms with Crippen molar-refractivity contribution in [2.45, 2.75) is 69.3 Å². The molecule has 2 heterocycles. The smallest absolute Gasteiger partial charge is 0.328 e. The van der Waals surface area contributed by atoms with Gasteiger partial charge >= 0.3 is 5.97 Å². The number of aliphatic hydroxyl groups excluding tert-OH is 1. The second-order valence-corrected chi connectivity index (χ2v) is 7.72. The minimum atomic E-state index is -1.49. The molecule has 0 bridgehead atoms. The first-order valence-corrected chi connectivity index (χ1v) is 9.90. The lowest BCUT2D eigenvalue weighted by atomic mass is 10.1. The van der Waals surface area contributed by atoms with Gasteiger partial charge in [0.15, 0.2) is 6.04 Å². The van der Waals surface area contributed by atoms with Gasteiger partial charge in [-0.3, -0.25) is 19.2 Å². The SMILES string of the molecule is CC(O)C(NC(=O)C1CCCN1C(=O)C1CCCN1C(=O)C(N)CC(N)=O)C(=O)O. The van der Waals surface area contributed by atoms with Crippen molar-refractivity contribution in [2.24, 2.45) is 11.5 Å². The molecular weight excluding hydrogens is 398 g/mol. The molecule has 0 aromatic heterocycles. The Morgan fingerprint density at radius 3 is 2.17 bits per heavy atom. The van der Waals surface area contributed by atoms with E-state index < -0.39 is 59.9 Å². The van der Waals surface area contributed by atoms with Gasteiger partial charge in [0.05, 0.1) is 18.6 Å². The Labute approximate surface area is 173 Å². The van der Waals surface area contributed by atoms with Gasteiger partial charge in [0.2, 0.25) is 23.6 Å². The quantitative estimate of drug-likeness (QED) is 0.272. The zero-order valence-electron chi connectivity index (χ0n) is 16.8. The second kappa shape index (κ2) is 9.85. The van der Waals surface area contributed by atoms with Gasteiger partial charge in [-0.05, 0) is 32.6 Å². The van der Waals surface area contributed by atoms with Crippen molar-refractivity contribution in [3.63, 3.8) is 0 Å². The Balaban J connectivity index is 2.10. The van der Waals surface area contributed by atoms with E-state index in [4.69, 9.17) is 16.6 Å². The predicted octanol–water partition coefficient (Wildman–Crippen LogP) is -2.88. The van der Waals surface area contributed by atoms with Crippen molar-refractivity contribution in [1.29, 1.82) is 0 Å². The molecule has 2 fully saturated rings. The fourth-order valence-corrected chi connectivity index (χ4v) is 3.94. The van der Waals surface area contributed by atoms with E-state index in [2.05, 4.69) is 5.32 Å². The monoisotopic (exact) mass is 427 g/mol. The van der Waals surface area contributed by atoms with Crippen LogP contribution in [0.1, 0.15) is 39.0 Å². The third kappa shape index (κ3) is 5.25. The number of carbonyl (C=O) groups is 5. The first-order valence-electron chi connectivity index (χ1n) is 9.90. The summed E-state index contributed by atoms with van der Waals surface area (Å²) >= 11 is 0. The van der Waals surface area contributed by atoms with Crippen LogP contribution < -0.4 is 16.8 Å². The zero-order chi connectivity index (χ0) is 22.6. The third-order valence-corrected chi connectivity index (χ3v) is 5.44. The van der Waals surface area contributed by atoms with Crippen LogP contribution in [0.2, 0.25) is 0 Å². The summed E-state index contributed by atoms with van der Waals surface area (Å²) in [6, 6.07) is -4.34. The number of carbonyl (C=O) groups excluding carboxylic acids is 4. The van der Waals surface area contributed by atoms with Crippen LogP contribution in [-0.4, -0.2) is 93.0 Å². The molecule has 0 aromatic rings. The molecule has 2 aliphatic rings. The second-order valence-electron chi connectivity index (χ2n) is 7.72. The molecule has 2 saturated heterocycles. The van der Waals surface area contributed by atoms with E-state index in [0.717, 1.165) is 0 Å². The molecule has 2 aliphatic heterocycles. The number of carboxylic acid groups (broad SMARTS) is 1. The van der Waals surface area contributed by atoms with Gasteiger partial charge in [-0.2, -0.15) is 0 Å². The van der Waals surface area contributed by atoms with Crippen LogP contribution >= 0.6 is 0 Å². The number of hydrogen-bond donors (Lipinski definition) is 5. The normalized spacial score (nSPS) is 24.2. The Hall–Kier alpha value is -2.73. The molecule has 30 heavy (non-hydrogen) atoms. The van der Waals surface area contributed by atoms with Gasteiger partial charge in [-0.15, -0.1) is 0 Å². The predicted molar refractivity (Wildman–Crippen MR) is 103 cm³/mol. The minimum absolute atomic E-state index is 0.287. The van der Waals surface area contributed by atoms with E-state index in [1.165, 1.54) is 16.7 Å². The standard InChI is InChI=1S/C18H29N5O7/c1-9(24)14(18(29)30)21-15(26)11-4-2-6-22(11)17(28)12-5-3-7-23(12)16(27)10(19)8-13(20)25/h9-12,14,24H,2-8,19H2,1H3,(H2,20,25)(H,21,26)(H,29,30). The number of rotatable bonds is 8. The van der Waals surface area contributed by atoms with Crippen LogP contribution in [-0.2, 0) is 24.0 Å². The van der Waals surface area contributed by atoms with Gasteiger partial charge in [0, 0.05) is 13.1 Å². The summed E-state index contributed by atoms with van der Waals surface area (Å²) in [5.41, 5.74) is 10.8. The van der Waals surface area contributed by atoms with Crippen molar-refractivity contribution < 1.29 is 34.2 Å². The molecule has 5 unspecified atom stereocenters. The van der Waals surface area contributed by atoms with Gasteiger partial charge in [0.1, 0.15) is 12.1 Å². The molecule has 168 valence electrons. The molecule has 0 radical (unpaired) electrons. The van der Waals surface area contributed by atoms with Crippen molar-refractivity contribution in [3.05, 3.63) is 0 Å². The lowest BCUT2D eigenvalue weighted by Gasteiger charge is -2.32. The first kappa shape index (κ1) is 23.5. The Bertz CT molecular complexity index is 713. The van der Waals surface area contributed by atoms with Crippen molar-refractivity contribution >= 4 is 29.6 Å². The molecule has 5 atom stereocenters. The maximum Gasteiger partial charge on any atom is 0.328 e. The number of primary amides is 1. The largest absolute Gasteiger partial charge is 0.480 e. The Kier molecular flexibility index (Phi) is 7.73. The lowest BCUT2D eigenvalue weighted by Crippen LogP contribution is -2.57.